The quantitative estimate of drug-likeness (QED) is 0.697. The molecule has 0 spiro atoms. The molecule has 0 amide bonds. The Balaban J connectivity index is 1.78. The number of halogens is 1. The largest absolute Gasteiger partial charge is 0.377 e. The number of rotatable bonds is 4. The third-order valence-corrected chi connectivity index (χ3v) is 4.92. The predicted octanol–water partition coefficient (Wildman–Crippen LogP) is 3.29. The third-order valence-electron chi connectivity index (χ3n) is 4.76. The van der Waals surface area contributed by atoms with Crippen LogP contribution in [-0.2, 0) is 11.3 Å². The molecule has 1 aliphatic heterocycles. The fourth-order valence-electron chi connectivity index (χ4n) is 3.43. The van der Waals surface area contributed by atoms with Gasteiger partial charge in [0.15, 0.2) is 5.65 Å². The van der Waals surface area contributed by atoms with Gasteiger partial charge in [-0.25, -0.2) is 4.98 Å². The Labute approximate surface area is 163 Å². The van der Waals surface area contributed by atoms with Crippen molar-refractivity contribution in [2.45, 2.75) is 19.5 Å². The van der Waals surface area contributed by atoms with Crippen molar-refractivity contribution >= 4 is 28.5 Å². The first kappa shape index (κ1) is 18.1. The van der Waals surface area contributed by atoms with Crippen LogP contribution in [0.5, 0.6) is 0 Å². The number of nitrogens with one attached hydrogen (secondary N) is 1. The Morgan fingerprint density at radius 3 is 2.93 bits per heavy atom. The van der Waals surface area contributed by atoms with E-state index in [1.54, 1.807) is 0 Å². The van der Waals surface area contributed by atoms with E-state index in [1.807, 2.05) is 25.2 Å². The molecule has 3 aromatic rings. The molecule has 6 nitrogen and oxygen atoms in total. The van der Waals surface area contributed by atoms with Gasteiger partial charge < -0.3 is 15.0 Å². The summed E-state index contributed by atoms with van der Waals surface area (Å²) in [6.45, 7) is 5.06. The normalized spacial score (nSPS) is 17.4. The first-order valence-electron chi connectivity index (χ1n) is 9.08. The van der Waals surface area contributed by atoms with Gasteiger partial charge in [-0.05, 0) is 49.3 Å². The predicted molar refractivity (Wildman–Crippen MR) is 108 cm³/mol. The van der Waals surface area contributed by atoms with Crippen molar-refractivity contribution in [1.82, 2.24) is 20.3 Å². The van der Waals surface area contributed by atoms with Crippen LogP contribution < -0.4 is 10.2 Å². The molecule has 1 aromatic carbocycles. The minimum absolute atomic E-state index is 0.213. The highest BCUT2D eigenvalue weighted by atomic mass is 35.5. The van der Waals surface area contributed by atoms with E-state index in [4.69, 9.17) is 21.3 Å². The average Bonchev–Trinajstić information content (AvgIpc) is 2.68. The first-order valence-corrected chi connectivity index (χ1v) is 9.46. The van der Waals surface area contributed by atoms with Crippen LogP contribution in [0.25, 0.3) is 22.3 Å². The lowest BCUT2D eigenvalue weighted by molar-refractivity contribution is 0.0987. The number of benzene rings is 1. The Morgan fingerprint density at radius 1 is 1.22 bits per heavy atom. The van der Waals surface area contributed by atoms with Crippen LogP contribution in [0.15, 0.2) is 36.4 Å². The van der Waals surface area contributed by atoms with Gasteiger partial charge in [-0.2, -0.15) is 9.97 Å². The molecule has 1 aliphatic rings. The maximum atomic E-state index is 6.23. The molecule has 4 rings (SSSR count). The standard InChI is InChI=1S/C20H22ClN5O/c1-13-12-27-9-8-26(13)19-16-6-7-17(23-18(16)24-20(21)25-19)15-5-3-4-14(10-15)11-22-2/h3-7,10,13,22H,8-9,11-12H2,1-2H3/t13-/m0/s1. The molecule has 0 bridgehead atoms. The molecule has 0 saturated carbocycles. The van der Waals surface area contributed by atoms with Crippen molar-refractivity contribution in [1.29, 1.82) is 0 Å². The summed E-state index contributed by atoms with van der Waals surface area (Å²) in [4.78, 5) is 15.9. The molecule has 0 aliphatic carbocycles. The number of morpholine rings is 1. The van der Waals surface area contributed by atoms with Gasteiger partial charge in [-0.15, -0.1) is 0 Å². The number of hydrogen-bond donors (Lipinski definition) is 1. The zero-order chi connectivity index (χ0) is 18.8. The molecule has 27 heavy (non-hydrogen) atoms. The summed E-state index contributed by atoms with van der Waals surface area (Å²) in [7, 11) is 1.94. The number of ether oxygens (including phenoxy) is 1. The summed E-state index contributed by atoms with van der Waals surface area (Å²) >= 11 is 6.23. The van der Waals surface area contributed by atoms with Crippen molar-refractivity contribution in [3.8, 4) is 11.3 Å². The van der Waals surface area contributed by atoms with Crippen LogP contribution >= 0.6 is 11.6 Å². The van der Waals surface area contributed by atoms with Crippen LogP contribution in [0.2, 0.25) is 5.28 Å². The Kier molecular flexibility index (Phi) is 5.20. The Hall–Kier alpha value is -2.28. The van der Waals surface area contributed by atoms with E-state index in [-0.39, 0.29) is 11.3 Å². The molecule has 1 N–H and O–H groups in total. The zero-order valence-electron chi connectivity index (χ0n) is 15.4. The van der Waals surface area contributed by atoms with E-state index < -0.39 is 0 Å². The second-order valence-electron chi connectivity index (χ2n) is 6.73. The topological polar surface area (TPSA) is 63.2 Å². The molecule has 1 atom stereocenters. The molecule has 3 heterocycles. The van der Waals surface area contributed by atoms with Crippen LogP contribution in [0.3, 0.4) is 0 Å². The maximum Gasteiger partial charge on any atom is 0.226 e. The number of nitrogens with zero attached hydrogens (tertiary/aromatic N) is 4. The van der Waals surface area contributed by atoms with Crippen LogP contribution in [0.4, 0.5) is 5.82 Å². The van der Waals surface area contributed by atoms with E-state index in [1.165, 1.54) is 5.56 Å². The summed E-state index contributed by atoms with van der Waals surface area (Å²) in [5.41, 5.74) is 3.75. The lowest BCUT2D eigenvalue weighted by atomic mass is 10.1. The summed E-state index contributed by atoms with van der Waals surface area (Å²) in [6.07, 6.45) is 0. The lowest BCUT2D eigenvalue weighted by Gasteiger charge is -2.34. The lowest BCUT2D eigenvalue weighted by Crippen LogP contribution is -2.44. The van der Waals surface area contributed by atoms with Crippen molar-refractivity contribution in [2.24, 2.45) is 0 Å². The molecular formula is C20H22ClN5O. The van der Waals surface area contributed by atoms with E-state index in [0.29, 0.717) is 18.9 Å². The first-order chi connectivity index (χ1) is 13.2. The van der Waals surface area contributed by atoms with E-state index in [2.05, 4.69) is 45.3 Å². The van der Waals surface area contributed by atoms with Gasteiger partial charge >= 0.3 is 0 Å². The molecule has 1 fully saturated rings. The van der Waals surface area contributed by atoms with Gasteiger partial charge in [0.2, 0.25) is 5.28 Å². The summed E-state index contributed by atoms with van der Waals surface area (Å²) < 4.78 is 5.54. The molecule has 1 saturated heterocycles. The minimum Gasteiger partial charge on any atom is -0.377 e. The molecule has 0 radical (unpaired) electrons. The molecular weight excluding hydrogens is 362 g/mol. The van der Waals surface area contributed by atoms with Gasteiger partial charge in [0.1, 0.15) is 5.82 Å². The van der Waals surface area contributed by atoms with Gasteiger partial charge in [0.05, 0.1) is 30.3 Å². The van der Waals surface area contributed by atoms with E-state index in [0.717, 1.165) is 35.6 Å². The van der Waals surface area contributed by atoms with Crippen molar-refractivity contribution < 1.29 is 4.74 Å². The third kappa shape index (κ3) is 3.74. The van der Waals surface area contributed by atoms with Crippen LogP contribution in [0, 0.1) is 0 Å². The van der Waals surface area contributed by atoms with Crippen LogP contribution in [-0.4, -0.2) is 47.8 Å². The SMILES string of the molecule is CNCc1cccc(-c2ccc3c(N4CCOC[C@@H]4C)nc(Cl)nc3n2)c1. The van der Waals surface area contributed by atoms with Crippen molar-refractivity contribution in [3.05, 3.63) is 47.2 Å². The number of hydrogen-bond acceptors (Lipinski definition) is 6. The Bertz CT molecular complexity index is 964. The number of fused-ring (bicyclic) bond motifs is 1. The highest BCUT2D eigenvalue weighted by Gasteiger charge is 2.23. The maximum absolute atomic E-state index is 6.23. The summed E-state index contributed by atoms with van der Waals surface area (Å²) in [5.74, 6) is 0.823. The fourth-order valence-corrected chi connectivity index (χ4v) is 3.59. The van der Waals surface area contributed by atoms with E-state index >= 15 is 0 Å². The summed E-state index contributed by atoms with van der Waals surface area (Å²) in [5, 5.41) is 4.29. The summed E-state index contributed by atoms with van der Waals surface area (Å²) in [6, 6.07) is 12.6. The number of aromatic nitrogens is 3. The average molecular weight is 384 g/mol. The van der Waals surface area contributed by atoms with Crippen molar-refractivity contribution in [2.75, 3.05) is 31.7 Å². The van der Waals surface area contributed by atoms with Gasteiger partial charge in [0, 0.05) is 18.7 Å². The fraction of sp³-hybridized carbons (Fsp3) is 0.350. The smallest absolute Gasteiger partial charge is 0.226 e. The second kappa shape index (κ2) is 7.76. The highest BCUT2D eigenvalue weighted by Crippen LogP contribution is 2.29. The van der Waals surface area contributed by atoms with E-state index in [9.17, 15) is 0 Å². The van der Waals surface area contributed by atoms with Crippen molar-refractivity contribution in [3.63, 3.8) is 0 Å². The highest BCUT2D eigenvalue weighted by molar-refractivity contribution is 6.28. The zero-order valence-corrected chi connectivity index (χ0v) is 16.2. The molecule has 140 valence electrons. The minimum atomic E-state index is 0.213. The van der Waals surface area contributed by atoms with Gasteiger partial charge in [-0.3, -0.25) is 0 Å². The van der Waals surface area contributed by atoms with Gasteiger partial charge in [0.25, 0.3) is 0 Å². The molecule has 2 aromatic heterocycles. The Morgan fingerprint density at radius 2 is 2.11 bits per heavy atom. The monoisotopic (exact) mass is 383 g/mol. The van der Waals surface area contributed by atoms with Gasteiger partial charge in [-0.1, -0.05) is 18.2 Å². The van der Waals surface area contributed by atoms with Crippen LogP contribution in [0.1, 0.15) is 12.5 Å². The second-order valence-corrected chi connectivity index (χ2v) is 7.07. The number of anilines is 1. The molecule has 0 unspecified atom stereocenters. The number of pyridine rings is 1. The molecule has 7 heteroatoms.